The van der Waals surface area contributed by atoms with Gasteiger partial charge in [-0.3, -0.25) is 4.79 Å². The smallest absolute Gasteiger partial charge is 0.308 e. The van der Waals surface area contributed by atoms with Crippen molar-refractivity contribution in [2.45, 2.75) is 45.1 Å². The Labute approximate surface area is 137 Å². The monoisotopic (exact) mass is 325 g/mol. The maximum atomic E-state index is 10.9. The van der Waals surface area contributed by atoms with Crippen molar-refractivity contribution in [2.75, 3.05) is 33.7 Å². The number of carboxylic acid groups (broad SMARTS) is 1. The first-order valence-corrected chi connectivity index (χ1v) is 8.75. The lowest BCUT2D eigenvalue weighted by atomic mass is 10.0. The second-order valence-corrected chi connectivity index (χ2v) is 7.62. The van der Waals surface area contributed by atoms with Crippen molar-refractivity contribution in [3.63, 3.8) is 0 Å². The molecule has 1 aliphatic heterocycles. The molecule has 0 amide bonds. The minimum atomic E-state index is -0.783. The quantitative estimate of drug-likeness (QED) is 0.869. The molecule has 124 valence electrons. The minimum absolute atomic E-state index is 0.0843. The fraction of sp³-hybridized carbons (Fsp3) is 0.750. The van der Waals surface area contributed by atoms with E-state index in [1.807, 2.05) is 6.92 Å². The summed E-state index contributed by atoms with van der Waals surface area (Å²) in [5.74, 6) is -0.440. The summed E-state index contributed by atoms with van der Waals surface area (Å²) in [7, 11) is 4.38. The average molecular weight is 325 g/mol. The highest BCUT2D eigenvalue weighted by molar-refractivity contribution is 7.11. The first-order chi connectivity index (χ1) is 10.4. The standard InChI is InChI=1S/C16H27N3O2S/c1-11(10-19(4)13-5-7-18(3)8-6-13)16-17-12(2)14(22-16)9-15(20)21/h11,13H,5-10H2,1-4H3,(H,20,21). The van der Waals surface area contributed by atoms with Gasteiger partial charge >= 0.3 is 5.97 Å². The molecule has 1 atom stereocenters. The van der Waals surface area contributed by atoms with Crippen molar-refractivity contribution < 1.29 is 9.90 Å². The van der Waals surface area contributed by atoms with E-state index in [0.29, 0.717) is 12.0 Å². The molecule has 0 aromatic carbocycles. The van der Waals surface area contributed by atoms with Crippen LogP contribution in [-0.4, -0.2) is 65.6 Å². The van der Waals surface area contributed by atoms with Crippen LogP contribution in [0.4, 0.5) is 0 Å². The van der Waals surface area contributed by atoms with Crippen molar-refractivity contribution >= 4 is 17.3 Å². The molecule has 22 heavy (non-hydrogen) atoms. The summed E-state index contributed by atoms with van der Waals surface area (Å²) in [6, 6.07) is 0.651. The molecule has 0 bridgehead atoms. The fourth-order valence-electron chi connectivity index (χ4n) is 3.06. The van der Waals surface area contributed by atoms with E-state index in [4.69, 9.17) is 5.11 Å². The molecule has 0 radical (unpaired) electrons. The minimum Gasteiger partial charge on any atom is -0.481 e. The van der Waals surface area contributed by atoms with E-state index < -0.39 is 5.97 Å². The van der Waals surface area contributed by atoms with Crippen LogP contribution in [0.5, 0.6) is 0 Å². The Morgan fingerprint density at radius 3 is 2.73 bits per heavy atom. The molecular formula is C16H27N3O2S. The maximum absolute atomic E-state index is 10.9. The number of rotatable bonds is 6. The number of carboxylic acids is 1. The summed E-state index contributed by atoms with van der Waals surface area (Å²) in [5, 5.41) is 10.0. The number of likely N-dealkylation sites (N-methyl/N-ethyl adjacent to an activating group) is 1. The van der Waals surface area contributed by atoms with Gasteiger partial charge in [0.2, 0.25) is 0 Å². The van der Waals surface area contributed by atoms with Crippen molar-refractivity contribution in [1.82, 2.24) is 14.8 Å². The van der Waals surface area contributed by atoms with Gasteiger partial charge in [-0.2, -0.15) is 0 Å². The van der Waals surface area contributed by atoms with Crippen LogP contribution in [0.25, 0.3) is 0 Å². The predicted molar refractivity (Wildman–Crippen MR) is 89.8 cm³/mol. The maximum Gasteiger partial charge on any atom is 0.308 e. The van der Waals surface area contributed by atoms with Crippen LogP contribution in [0.15, 0.2) is 0 Å². The molecule has 1 aromatic heterocycles. The topological polar surface area (TPSA) is 56.7 Å². The lowest BCUT2D eigenvalue weighted by Crippen LogP contribution is -2.43. The van der Waals surface area contributed by atoms with Crippen LogP contribution in [0.3, 0.4) is 0 Å². The lowest BCUT2D eigenvalue weighted by molar-refractivity contribution is -0.136. The molecule has 1 fully saturated rings. The number of hydrogen-bond donors (Lipinski definition) is 1. The molecule has 2 heterocycles. The van der Waals surface area contributed by atoms with Crippen LogP contribution in [0.2, 0.25) is 0 Å². The van der Waals surface area contributed by atoms with Gasteiger partial charge in [-0.25, -0.2) is 4.98 Å². The molecule has 6 heteroatoms. The van der Waals surface area contributed by atoms with E-state index in [-0.39, 0.29) is 6.42 Å². The Balaban J connectivity index is 1.93. The molecule has 0 aliphatic carbocycles. The largest absolute Gasteiger partial charge is 0.481 e. The molecule has 1 unspecified atom stereocenters. The van der Waals surface area contributed by atoms with Gasteiger partial charge in [0.15, 0.2) is 0 Å². The first kappa shape index (κ1) is 17.4. The number of carbonyl (C=O) groups is 1. The summed E-state index contributed by atoms with van der Waals surface area (Å²) in [6.45, 7) is 7.42. The SMILES string of the molecule is Cc1nc(C(C)CN(C)C2CCN(C)CC2)sc1CC(=O)O. The highest BCUT2D eigenvalue weighted by Gasteiger charge is 2.23. The summed E-state index contributed by atoms with van der Waals surface area (Å²) < 4.78 is 0. The number of aliphatic carboxylic acids is 1. The van der Waals surface area contributed by atoms with Gasteiger partial charge in [0.05, 0.1) is 17.1 Å². The average Bonchev–Trinajstić information content (AvgIpc) is 2.80. The third-order valence-corrected chi connectivity index (χ3v) is 5.90. The zero-order valence-corrected chi connectivity index (χ0v) is 14.8. The number of hydrogen-bond acceptors (Lipinski definition) is 5. The highest BCUT2D eigenvalue weighted by atomic mass is 32.1. The molecule has 1 aliphatic rings. The summed E-state index contributed by atoms with van der Waals surface area (Å²) in [5.41, 5.74) is 0.871. The van der Waals surface area contributed by atoms with Crippen molar-refractivity contribution in [1.29, 1.82) is 0 Å². The Morgan fingerprint density at radius 2 is 2.14 bits per heavy atom. The van der Waals surface area contributed by atoms with Crippen molar-refractivity contribution in [3.05, 3.63) is 15.6 Å². The first-order valence-electron chi connectivity index (χ1n) is 7.93. The fourth-order valence-corrected chi connectivity index (χ4v) is 4.16. The number of likely N-dealkylation sites (tertiary alicyclic amines) is 1. The van der Waals surface area contributed by atoms with Gasteiger partial charge in [0.25, 0.3) is 0 Å². The second kappa shape index (κ2) is 7.53. The van der Waals surface area contributed by atoms with E-state index in [1.165, 1.54) is 25.9 Å². The van der Waals surface area contributed by atoms with Gasteiger partial charge in [0, 0.05) is 23.4 Å². The van der Waals surface area contributed by atoms with E-state index in [2.05, 4.69) is 35.8 Å². The number of nitrogens with zero attached hydrogens (tertiary/aromatic N) is 3. The second-order valence-electron chi connectivity index (χ2n) is 6.51. The third-order valence-electron chi connectivity index (χ3n) is 4.52. The predicted octanol–water partition coefficient (Wildman–Crippen LogP) is 2.21. The van der Waals surface area contributed by atoms with E-state index in [1.54, 1.807) is 11.3 Å². The number of piperidine rings is 1. The van der Waals surface area contributed by atoms with Gasteiger partial charge in [-0.1, -0.05) is 6.92 Å². The molecule has 1 aromatic rings. The van der Waals surface area contributed by atoms with Crippen molar-refractivity contribution in [3.8, 4) is 0 Å². The zero-order chi connectivity index (χ0) is 16.3. The normalized spacial score (nSPS) is 18.8. The molecule has 1 saturated heterocycles. The number of aromatic nitrogens is 1. The van der Waals surface area contributed by atoms with Crippen LogP contribution in [0.1, 0.15) is 41.3 Å². The molecule has 2 rings (SSSR count). The summed E-state index contributed by atoms with van der Waals surface area (Å²) in [4.78, 5) is 21.2. The third kappa shape index (κ3) is 4.51. The van der Waals surface area contributed by atoms with Crippen molar-refractivity contribution in [2.24, 2.45) is 0 Å². The van der Waals surface area contributed by atoms with Gasteiger partial charge in [-0.15, -0.1) is 11.3 Å². The Kier molecular flexibility index (Phi) is 5.94. The molecule has 0 saturated carbocycles. The van der Waals surface area contributed by atoms with Crippen LogP contribution in [0, 0.1) is 6.92 Å². The molecular weight excluding hydrogens is 298 g/mol. The summed E-state index contributed by atoms with van der Waals surface area (Å²) >= 11 is 1.56. The lowest BCUT2D eigenvalue weighted by Gasteiger charge is -2.36. The van der Waals surface area contributed by atoms with Gasteiger partial charge in [-0.05, 0) is 47.0 Å². The van der Waals surface area contributed by atoms with Gasteiger partial charge in [0.1, 0.15) is 0 Å². The van der Waals surface area contributed by atoms with E-state index in [0.717, 1.165) is 22.1 Å². The van der Waals surface area contributed by atoms with Crippen LogP contribution in [-0.2, 0) is 11.2 Å². The number of aryl methyl sites for hydroxylation is 1. The van der Waals surface area contributed by atoms with Gasteiger partial charge < -0.3 is 14.9 Å². The molecule has 0 spiro atoms. The Hall–Kier alpha value is -0.980. The van der Waals surface area contributed by atoms with Crippen LogP contribution < -0.4 is 0 Å². The highest BCUT2D eigenvalue weighted by Crippen LogP contribution is 2.27. The van der Waals surface area contributed by atoms with E-state index >= 15 is 0 Å². The molecule has 5 nitrogen and oxygen atoms in total. The zero-order valence-electron chi connectivity index (χ0n) is 14.0. The molecule has 1 N–H and O–H groups in total. The summed E-state index contributed by atoms with van der Waals surface area (Å²) in [6.07, 6.45) is 2.53. The Morgan fingerprint density at radius 1 is 1.50 bits per heavy atom. The number of thiazole rings is 1. The van der Waals surface area contributed by atoms with E-state index in [9.17, 15) is 4.79 Å². The Bertz CT molecular complexity index is 509. The van der Waals surface area contributed by atoms with Crippen LogP contribution >= 0.6 is 11.3 Å².